The molecule has 8 nitrogen and oxygen atoms in total. The third-order valence-electron chi connectivity index (χ3n) is 5.87. The average molecular weight is 534 g/mol. The predicted molar refractivity (Wildman–Crippen MR) is 140 cm³/mol. The number of aromatic nitrogens is 3. The van der Waals surface area contributed by atoms with Crippen molar-refractivity contribution in [2.45, 2.75) is 19.4 Å². The Kier molecular flexibility index (Phi) is 6.84. The SMILES string of the molecule is CCn1cncc1-c1cc2nccc(Oc3ccc(C(C(N)=O)C(=O)Nc4ccccc4F)cc3F)c2s1. The van der Waals surface area contributed by atoms with E-state index in [0.717, 1.165) is 29.2 Å². The first kappa shape index (κ1) is 25.0. The van der Waals surface area contributed by atoms with Crippen LogP contribution < -0.4 is 15.8 Å². The van der Waals surface area contributed by atoms with Crippen molar-refractivity contribution in [3.05, 3.63) is 90.5 Å². The number of carbonyl (C=O) groups excluding carboxylic acids is 2. The second-order valence-electron chi connectivity index (χ2n) is 8.30. The standard InChI is InChI=1S/C27H21F2N5O3S/c1-2-34-14-31-13-20(34)23-12-19-25(38-23)22(9-10-32-19)37-21-8-7-15(11-17(21)29)24(26(30)35)27(36)33-18-6-4-3-5-16(18)28/h3-14,24H,2H2,1H3,(H2,30,35)(H,33,36). The van der Waals surface area contributed by atoms with Crippen molar-refractivity contribution in [1.82, 2.24) is 14.5 Å². The summed E-state index contributed by atoms with van der Waals surface area (Å²) >= 11 is 1.44. The van der Waals surface area contributed by atoms with Gasteiger partial charge in [-0.05, 0) is 42.8 Å². The Balaban J connectivity index is 1.42. The molecular weight excluding hydrogens is 512 g/mol. The van der Waals surface area contributed by atoms with Gasteiger partial charge in [-0.1, -0.05) is 18.2 Å². The van der Waals surface area contributed by atoms with Gasteiger partial charge in [0.05, 0.1) is 39.0 Å². The molecule has 0 saturated heterocycles. The van der Waals surface area contributed by atoms with Crippen molar-refractivity contribution in [3.8, 4) is 22.1 Å². The molecule has 0 fully saturated rings. The highest BCUT2D eigenvalue weighted by molar-refractivity contribution is 7.22. The zero-order valence-corrected chi connectivity index (χ0v) is 20.8. The number of amides is 2. The summed E-state index contributed by atoms with van der Waals surface area (Å²) in [6, 6.07) is 12.7. The molecule has 0 aliphatic heterocycles. The maximum absolute atomic E-state index is 15.1. The van der Waals surface area contributed by atoms with Crippen molar-refractivity contribution in [3.63, 3.8) is 0 Å². The van der Waals surface area contributed by atoms with Crippen LogP contribution >= 0.6 is 11.3 Å². The summed E-state index contributed by atoms with van der Waals surface area (Å²) in [6.45, 7) is 2.77. The lowest BCUT2D eigenvalue weighted by Gasteiger charge is -2.16. The first-order chi connectivity index (χ1) is 18.4. The van der Waals surface area contributed by atoms with E-state index in [1.165, 1.54) is 41.7 Å². The number of carbonyl (C=O) groups is 2. The van der Waals surface area contributed by atoms with Gasteiger partial charge in [0.1, 0.15) is 17.5 Å². The topological polar surface area (TPSA) is 112 Å². The Hall–Kier alpha value is -4.64. The summed E-state index contributed by atoms with van der Waals surface area (Å²) in [5.41, 5.74) is 6.94. The second kappa shape index (κ2) is 10.4. The first-order valence-electron chi connectivity index (χ1n) is 11.6. The Morgan fingerprint density at radius 2 is 1.92 bits per heavy atom. The quantitative estimate of drug-likeness (QED) is 0.257. The lowest BCUT2D eigenvalue weighted by atomic mass is 9.97. The van der Waals surface area contributed by atoms with Crippen LogP contribution in [-0.2, 0) is 16.1 Å². The molecule has 5 rings (SSSR count). The number of fused-ring (bicyclic) bond motifs is 1. The largest absolute Gasteiger partial charge is 0.453 e. The van der Waals surface area contributed by atoms with Crippen LogP contribution in [0.3, 0.4) is 0 Å². The van der Waals surface area contributed by atoms with Gasteiger partial charge in [0, 0.05) is 18.8 Å². The maximum Gasteiger partial charge on any atom is 0.241 e. The van der Waals surface area contributed by atoms with E-state index < -0.39 is 29.4 Å². The molecule has 3 heterocycles. The number of anilines is 1. The molecule has 3 N–H and O–H groups in total. The molecule has 192 valence electrons. The third kappa shape index (κ3) is 4.83. The van der Waals surface area contributed by atoms with Crippen LogP contribution in [-0.4, -0.2) is 26.3 Å². The number of aryl methyl sites for hydroxylation is 1. The number of rotatable bonds is 8. The summed E-state index contributed by atoms with van der Waals surface area (Å²) in [6.07, 6.45) is 5.08. The number of primary amides is 1. The molecule has 3 aromatic heterocycles. The van der Waals surface area contributed by atoms with Gasteiger partial charge in [0.2, 0.25) is 11.8 Å². The Morgan fingerprint density at radius 1 is 1.11 bits per heavy atom. The summed E-state index contributed by atoms with van der Waals surface area (Å²) in [5, 5.41) is 2.33. The summed E-state index contributed by atoms with van der Waals surface area (Å²) in [4.78, 5) is 34.4. The summed E-state index contributed by atoms with van der Waals surface area (Å²) in [7, 11) is 0. The molecule has 38 heavy (non-hydrogen) atoms. The van der Waals surface area contributed by atoms with E-state index in [-0.39, 0.29) is 17.0 Å². The smallest absolute Gasteiger partial charge is 0.241 e. The number of thiophene rings is 1. The molecule has 11 heteroatoms. The Bertz CT molecular complexity index is 1670. The number of pyridine rings is 1. The van der Waals surface area contributed by atoms with E-state index in [9.17, 15) is 14.0 Å². The monoisotopic (exact) mass is 533 g/mol. The van der Waals surface area contributed by atoms with Gasteiger partial charge in [-0.15, -0.1) is 11.3 Å². The molecule has 2 aromatic carbocycles. The van der Waals surface area contributed by atoms with Crippen LogP contribution in [0.25, 0.3) is 20.8 Å². The van der Waals surface area contributed by atoms with Crippen molar-refractivity contribution in [2.75, 3.05) is 5.32 Å². The van der Waals surface area contributed by atoms with E-state index in [4.69, 9.17) is 10.5 Å². The number of para-hydroxylation sites is 1. The highest BCUT2D eigenvalue weighted by atomic mass is 32.1. The highest BCUT2D eigenvalue weighted by Gasteiger charge is 2.28. The number of nitrogens with zero attached hydrogens (tertiary/aromatic N) is 3. The van der Waals surface area contributed by atoms with E-state index in [1.807, 2.05) is 17.6 Å². The van der Waals surface area contributed by atoms with Gasteiger partial charge in [-0.2, -0.15) is 0 Å². The van der Waals surface area contributed by atoms with Crippen LogP contribution in [0.2, 0.25) is 0 Å². The molecule has 1 unspecified atom stereocenters. The van der Waals surface area contributed by atoms with Crippen LogP contribution in [0.4, 0.5) is 14.5 Å². The Labute approximate surface area is 219 Å². The van der Waals surface area contributed by atoms with Crippen molar-refractivity contribution in [1.29, 1.82) is 0 Å². The number of halogens is 2. The fraction of sp³-hybridized carbons (Fsp3) is 0.111. The molecule has 0 saturated carbocycles. The molecule has 1 atom stereocenters. The number of nitrogens with two attached hydrogens (primary N) is 1. The molecule has 2 amide bonds. The van der Waals surface area contributed by atoms with Gasteiger partial charge in [-0.25, -0.2) is 13.8 Å². The van der Waals surface area contributed by atoms with Crippen molar-refractivity contribution >= 4 is 39.1 Å². The average Bonchev–Trinajstić information content (AvgIpc) is 3.54. The predicted octanol–water partition coefficient (Wildman–Crippen LogP) is 5.46. The first-order valence-corrected chi connectivity index (χ1v) is 12.4. The molecular formula is C27H21F2N5O3S. The zero-order valence-electron chi connectivity index (χ0n) is 20.0. The fourth-order valence-corrected chi connectivity index (χ4v) is 5.10. The summed E-state index contributed by atoms with van der Waals surface area (Å²) in [5.74, 6) is -4.66. The van der Waals surface area contributed by atoms with Gasteiger partial charge >= 0.3 is 0 Å². The molecule has 0 radical (unpaired) electrons. The third-order valence-corrected chi connectivity index (χ3v) is 7.03. The minimum absolute atomic E-state index is 0.00213. The van der Waals surface area contributed by atoms with Gasteiger partial charge < -0.3 is 20.4 Å². The van der Waals surface area contributed by atoms with Crippen LogP contribution in [0.5, 0.6) is 11.5 Å². The number of hydrogen-bond acceptors (Lipinski definition) is 6. The zero-order chi connectivity index (χ0) is 26.8. The molecule has 0 bridgehead atoms. The lowest BCUT2D eigenvalue weighted by molar-refractivity contribution is -0.127. The van der Waals surface area contributed by atoms with E-state index >= 15 is 4.39 Å². The minimum Gasteiger partial charge on any atom is -0.453 e. The molecule has 0 aliphatic rings. The van der Waals surface area contributed by atoms with Crippen LogP contribution in [0.15, 0.2) is 73.3 Å². The van der Waals surface area contributed by atoms with Crippen LogP contribution in [0.1, 0.15) is 18.4 Å². The highest BCUT2D eigenvalue weighted by Crippen LogP contribution is 2.39. The van der Waals surface area contributed by atoms with Crippen LogP contribution in [0, 0.1) is 11.6 Å². The lowest BCUT2D eigenvalue weighted by Crippen LogP contribution is -2.32. The van der Waals surface area contributed by atoms with Crippen molar-refractivity contribution < 1.29 is 23.1 Å². The number of ether oxygens (including phenoxy) is 1. The van der Waals surface area contributed by atoms with E-state index in [2.05, 4.69) is 15.3 Å². The maximum atomic E-state index is 15.1. The van der Waals surface area contributed by atoms with Crippen molar-refractivity contribution in [2.24, 2.45) is 5.73 Å². The van der Waals surface area contributed by atoms with E-state index in [1.54, 1.807) is 24.8 Å². The Morgan fingerprint density at radius 3 is 2.66 bits per heavy atom. The molecule has 5 aromatic rings. The van der Waals surface area contributed by atoms with Gasteiger partial charge in [0.25, 0.3) is 0 Å². The molecule has 0 spiro atoms. The minimum atomic E-state index is -1.55. The number of benzene rings is 2. The number of imidazole rings is 1. The molecule has 0 aliphatic carbocycles. The number of nitrogens with one attached hydrogen (secondary N) is 1. The fourth-order valence-electron chi connectivity index (χ4n) is 4.01. The van der Waals surface area contributed by atoms with Gasteiger partial charge in [0.15, 0.2) is 11.6 Å². The van der Waals surface area contributed by atoms with E-state index in [0.29, 0.717) is 16.0 Å². The second-order valence-corrected chi connectivity index (χ2v) is 9.35. The number of hydrogen-bond donors (Lipinski definition) is 2. The summed E-state index contributed by atoms with van der Waals surface area (Å²) < 4.78 is 37.7. The van der Waals surface area contributed by atoms with Gasteiger partial charge in [-0.3, -0.25) is 14.6 Å². The normalized spacial score (nSPS) is 11.9.